The van der Waals surface area contributed by atoms with Gasteiger partial charge in [-0.05, 0) is 45.2 Å². The molecule has 1 saturated heterocycles. The van der Waals surface area contributed by atoms with Gasteiger partial charge in [0.25, 0.3) is 0 Å². The number of ketones is 1. The molecule has 0 spiro atoms. The summed E-state index contributed by atoms with van der Waals surface area (Å²) in [4.78, 5) is 13.5. The molecule has 2 heteroatoms. The highest BCUT2D eigenvalue weighted by Crippen LogP contribution is 2.34. The van der Waals surface area contributed by atoms with E-state index in [0.29, 0.717) is 23.7 Å². The van der Waals surface area contributed by atoms with Crippen LogP contribution >= 0.6 is 0 Å². The molecule has 0 radical (unpaired) electrons. The first-order valence-electron chi connectivity index (χ1n) is 6.20. The van der Waals surface area contributed by atoms with E-state index in [1.54, 1.807) is 6.92 Å². The predicted molar refractivity (Wildman–Crippen MR) is 64.0 cm³/mol. The summed E-state index contributed by atoms with van der Waals surface area (Å²) in [6, 6.07) is 0.434. The fourth-order valence-electron chi connectivity index (χ4n) is 2.40. The Morgan fingerprint density at radius 2 is 1.93 bits per heavy atom. The first-order valence-corrected chi connectivity index (χ1v) is 6.20. The van der Waals surface area contributed by atoms with Crippen molar-refractivity contribution >= 4 is 5.78 Å². The molecule has 88 valence electrons. The molecule has 0 N–H and O–H groups in total. The van der Waals surface area contributed by atoms with Gasteiger partial charge in [-0.15, -0.1) is 0 Å². The Bertz CT molecular complexity index is 217. The van der Waals surface area contributed by atoms with Crippen LogP contribution in [0.1, 0.15) is 53.4 Å². The summed E-state index contributed by atoms with van der Waals surface area (Å²) in [6.45, 7) is 10.9. The lowest BCUT2D eigenvalue weighted by Crippen LogP contribution is -2.43. The minimum atomic E-state index is 0.311. The van der Waals surface area contributed by atoms with Crippen molar-refractivity contribution in [3.05, 3.63) is 0 Å². The Kier molecular flexibility index (Phi) is 4.32. The van der Waals surface area contributed by atoms with Crippen LogP contribution in [-0.4, -0.2) is 29.8 Å². The van der Waals surface area contributed by atoms with E-state index in [2.05, 4.69) is 25.7 Å². The van der Waals surface area contributed by atoms with Crippen molar-refractivity contribution in [3.8, 4) is 0 Å². The lowest BCUT2D eigenvalue weighted by atomic mass is 9.78. The van der Waals surface area contributed by atoms with Crippen molar-refractivity contribution in [1.29, 1.82) is 0 Å². The van der Waals surface area contributed by atoms with Crippen LogP contribution in [0.15, 0.2) is 0 Å². The highest BCUT2D eigenvalue weighted by Gasteiger charge is 2.30. The van der Waals surface area contributed by atoms with E-state index in [4.69, 9.17) is 0 Å². The number of piperidine rings is 1. The molecule has 0 aliphatic carbocycles. The molecule has 0 aromatic carbocycles. The fourth-order valence-corrected chi connectivity index (χ4v) is 2.40. The second kappa shape index (κ2) is 5.11. The van der Waals surface area contributed by atoms with Gasteiger partial charge in [-0.25, -0.2) is 0 Å². The lowest BCUT2D eigenvalue weighted by molar-refractivity contribution is -0.118. The minimum absolute atomic E-state index is 0.311. The summed E-state index contributed by atoms with van der Waals surface area (Å²) in [6.07, 6.45) is 4.56. The normalized spacial score (nSPS) is 23.7. The molecule has 1 aliphatic heterocycles. The van der Waals surface area contributed by atoms with Crippen molar-refractivity contribution in [2.24, 2.45) is 5.41 Å². The van der Waals surface area contributed by atoms with Gasteiger partial charge in [0.05, 0.1) is 0 Å². The van der Waals surface area contributed by atoms with Crippen LogP contribution in [0, 0.1) is 5.41 Å². The summed E-state index contributed by atoms with van der Waals surface area (Å²) in [5, 5.41) is 0. The standard InChI is InChI=1S/C13H25NO/c1-5-13(4)6-8-14(9-7-13)11(2)10-12(3)15/h11H,5-10H2,1-4H3. The third-order valence-electron chi connectivity index (χ3n) is 4.06. The molecule has 15 heavy (non-hydrogen) atoms. The fraction of sp³-hybridized carbons (Fsp3) is 0.923. The molecular formula is C13H25NO. The number of hydrogen-bond donors (Lipinski definition) is 0. The maximum absolute atomic E-state index is 11.1. The van der Waals surface area contributed by atoms with Gasteiger partial charge < -0.3 is 4.90 Å². The Labute approximate surface area is 94.0 Å². The van der Waals surface area contributed by atoms with Crippen LogP contribution in [-0.2, 0) is 4.79 Å². The van der Waals surface area contributed by atoms with Gasteiger partial charge >= 0.3 is 0 Å². The van der Waals surface area contributed by atoms with Gasteiger partial charge in [-0.2, -0.15) is 0 Å². The smallest absolute Gasteiger partial charge is 0.131 e. The zero-order chi connectivity index (χ0) is 11.5. The second-order valence-electron chi connectivity index (χ2n) is 5.46. The maximum Gasteiger partial charge on any atom is 0.131 e. The van der Waals surface area contributed by atoms with Crippen LogP contribution < -0.4 is 0 Å². The number of Topliss-reactive ketones (excluding diaryl/α,β-unsaturated/α-hetero) is 1. The van der Waals surface area contributed by atoms with Gasteiger partial charge in [-0.1, -0.05) is 20.3 Å². The summed E-state index contributed by atoms with van der Waals surface area (Å²) >= 11 is 0. The number of nitrogens with zero attached hydrogens (tertiary/aromatic N) is 1. The predicted octanol–water partition coefficient (Wildman–Crippen LogP) is 2.87. The molecule has 1 unspecified atom stereocenters. The van der Waals surface area contributed by atoms with E-state index in [1.165, 1.54) is 32.4 Å². The monoisotopic (exact) mass is 211 g/mol. The van der Waals surface area contributed by atoms with Crippen molar-refractivity contribution in [2.45, 2.75) is 59.4 Å². The number of carbonyl (C=O) groups excluding carboxylic acids is 1. The molecular weight excluding hydrogens is 186 g/mol. The first-order chi connectivity index (χ1) is 6.97. The molecule has 1 rings (SSSR count). The van der Waals surface area contributed by atoms with Gasteiger partial charge in [-0.3, -0.25) is 4.79 Å². The van der Waals surface area contributed by atoms with Crippen LogP contribution in [0.25, 0.3) is 0 Å². The minimum Gasteiger partial charge on any atom is -0.300 e. The first kappa shape index (κ1) is 12.7. The summed E-state index contributed by atoms with van der Waals surface area (Å²) in [7, 11) is 0. The molecule has 1 atom stereocenters. The van der Waals surface area contributed by atoms with Crippen LogP contribution in [0.5, 0.6) is 0 Å². The van der Waals surface area contributed by atoms with Crippen molar-refractivity contribution in [1.82, 2.24) is 4.90 Å². The van der Waals surface area contributed by atoms with Gasteiger partial charge in [0.1, 0.15) is 5.78 Å². The van der Waals surface area contributed by atoms with E-state index < -0.39 is 0 Å². The van der Waals surface area contributed by atoms with Gasteiger partial charge in [0.15, 0.2) is 0 Å². The SMILES string of the molecule is CCC1(C)CCN(C(C)CC(C)=O)CC1. The number of hydrogen-bond acceptors (Lipinski definition) is 2. The second-order valence-corrected chi connectivity index (χ2v) is 5.46. The topological polar surface area (TPSA) is 20.3 Å². The highest BCUT2D eigenvalue weighted by atomic mass is 16.1. The number of rotatable bonds is 4. The maximum atomic E-state index is 11.1. The highest BCUT2D eigenvalue weighted by molar-refractivity contribution is 5.76. The quantitative estimate of drug-likeness (QED) is 0.712. The van der Waals surface area contributed by atoms with Crippen molar-refractivity contribution in [2.75, 3.05) is 13.1 Å². The van der Waals surface area contributed by atoms with Crippen molar-refractivity contribution < 1.29 is 4.79 Å². The molecule has 0 aromatic heterocycles. The summed E-state index contributed by atoms with van der Waals surface area (Å²) in [5.41, 5.74) is 0.548. The molecule has 0 bridgehead atoms. The largest absolute Gasteiger partial charge is 0.300 e. The molecule has 0 aromatic rings. The van der Waals surface area contributed by atoms with Gasteiger partial charge in [0.2, 0.25) is 0 Å². The Balaban J connectivity index is 2.40. The number of carbonyl (C=O) groups is 1. The molecule has 1 fully saturated rings. The van der Waals surface area contributed by atoms with E-state index in [1.807, 2.05) is 0 Å². The lowest BCUT2D eigenvalue weighted by Gasteiger charge is -2.41. The summed E-state index contributed by atoms with van der Waals surface area (Å²) in [5.74, 6) is 0.311. The Hall–Kier alpha value is -0.370. The molecule has 2 nitrogen and oxygen atoms in total. The third kappa shape index (κ3) is 3.60. The zero-order valence-electron chi connectivity index (χ0n) is 10.7. The Morgan fingerprint density at radius 1 is 1.40 bits per heavy atom. The molecule has 1 aliphatic rings. The van der Waals surface area contributed by atoms with E-state index in [-0.39, 0.29) is 0 Å². The average Bonchev–Trinajstić information content (AvgIpc) is 2.18. The summed E-state index contributed by atoms with van der Waals surface area (Å²) < 4.78 is 0. The Morgan fingerprint density at radius 3 is 2.33 bits per heavy atom. The third-order valence-corrected chi connectivity index (χ3v) is 4.06. The van der Waals surface area contributed by atoms with Crippen LogP contribution in [0.3, 0.4) is 0 Å². The van der Waals surface area contributed by atoms with Crippen LogP contribution in [0.4, 0.5) is 0 Å². The molecule has 1 heterocycles. The molecule has 0 amide bonds. The van der Waals surface area contributed by atoms with Gasteiger partial charge in [0, 0.05) is 12.5 Å². The van der Waals surface area contributed by atoms with E-state index in [0.717, 1.165) is 0 Å². The number of likely N-dealkylation sites (tertiary alicyclic amines) is 1. The van der Waals surface area contributed by atoms with Crippen LogP contribution in [0.2, 0.25) is 0 Å². The zero-order valence-corrected chi connectivity index (χ0v) is 10.7. The average molecular weight is 211 g/mol. The van der Waals surface area contributed by atoms with Crippen molar-refractivity contribution in [3.63, 3.8) is 0 Å². The van der Waals surface area contributed by atoms with E-state index >= 15 is 0 Å². The van der Waals surface area contributed by atoms with E-state index in [9.17, 15) is 4.79 Å². The molecule has 0 saturated carbocycles.